The molecule has 0 unspecified atom stereocenters. The zero-order chi connectivity index (χ0) is 48.4. The molecule has 4 aliphatic rings. The standard InChI is InChI=1S/C66H67BN4/c1-65(2,3)51-29-33-53(34-30-51)70-59-37-27-48(44-19-11-7-12-20-44)39-55(59)67-56-40-49(45-21-13-8-14-22-45)28-38-60(56)71(54-35-31-52(32-36-54)66(4,5)6)62-42-50(41-61(70)63(62)67)58-43-57(46-23-15-9-16-24-46)68-64(69-58)47-25-17-10-18-26-47/h9-10,15-18,23-45H,7-8,11-14,19-22H2,1-6H3. The molecule has 2 saturated carbocycles. The number of fused-ring (bicyclic) bond motifs is 4. The molecule has 2 aliphatic heterocycles. The molecule has 0 saturated heterocycles. The Balaban J connectivity index is 1.17. The molecule has 4 nitrogen and oxygen atoms in total. The molecule has 2 aliphatic carbocycles. The lowest BCUT2D eigenvalue weighted by molar-refractivity contribution is 0.444. The predicted molar refractivity (Wildman–Crippen MR) is 301 cm³/mol. The summed E-state index contributed by atoms with van der Waals surface area (Å²) >= 11 is 0. The number of benzene rings is 7. The van der Waals surface area contributed by atoms with E-state index < -0.39 is 0 Å². The highest BCUT2D eigenvalue weighted by Crippen LogP contribution is 2.48. The SMILES string of the molecule is CC(C)(C)c1ccc(N2c3ccc(C4CCCCC4)cc3B3c4cc(C5CCCCC5)ccc4N(c4ccc(C(C)(C)C)cc4)c4cc(-c5cc(-c6ccccc6)nc(-c6ccccc6)n5)cc2c43)cc1. The lowest BCUT2D eigenvalue weighted by Gasteiger charge is -2.45. The van der Waals surface area contributed by atoms with Crippen LogP contribution in [0, 0.1) is 0 Å². The summed E-state index contributed by atoms with van der Waals surface area (Å²) in [7, 11) is 0. The van der Waals surface area contributed by atoms with Gasteiger partial charge in [-0.1, -0.05) is 189 Å². The van der Waals surface area contributed by atoms with Gasteiger partial charge in [0.1, 0.15) is 0 Å². The normalized spacial score (nSPS) is 16.1. The van der Waals surface area contributed by atoms with Crippen LogP contribution in [0.4, 0.5) is 34.1 Å². The monoisotopic (exact) mass is 927 g/mol. The maximum atomic E-state index is 5.50. The molecule has 0 bridgehead atoms. The minimum atomic E-state index is 0.0279. The molecule has 3 heterocycles. The maximum Gasteiger partial charge on any atom is 0.252 e. The van der Waals surface area contributed by atoms with E-state index in [4.69, 9.17) is 9.97 Å². The van der Waals surface area contributed by atoms with Crippen LogP contribution in [0.2, 0.25) is 0 Å². The number of hydrogen-bond donors (Lipinski definition) is 0. The zero-order valence-electron chi connectivity index (χ0n) is 42.7. The van der Waals surface area contributed by atoms with Crippen molar-refractivity contribution in [1.82, 2.24) is 9.97 Å². The van der Waals surface area contributed by atoms with Gasteiger partial charge in [0, 0.05) is 50.8 Å². The second-order valence-electron chi connectivity index (χ2n) is 23.1. The summed E-state index contributed by atoms with van der Waals surface area (Å²) < 4.78 is 0. The minimum absolute atomic E-state index is 0.0279. The molecule has 0 amide bonds. The van der Waals surface area contributed by atoms with Crippen LogP contribution in [0.15, 0.2) is 164 Å². The molecule has 1 aromatic heterocycles. The Bertz CT molecular complexity index is 3020. The van der Waals surface area contributed by atoms with Gasteiger partial charge in [0.05, 0.1) is 11.4 Å². The van der Waals surface area contributed by atoms with Crippen LogP contribution in [-0.2, 0) is 10.8 Å². The van der Waals surface area contributed by atoms with Crippen LogP contribution < -0.4 is 26.2 Å². The van der Waals surface area contributed by atoms with E-state index in [0.29, 0.717) is 11.8 Å². The van der Waals surface area contributed by atoms with Crippen molar-refractivity contribution < 1.29 is 0 Å². The van der Waals surface area contributed by atoms with E-state index in [1.165, 1.54) is 137 Å². The average Bonchev–Trinajstić information content (AvgIpc) is 3.41. The van der Waals surface area contributed by atoms with E-state index >= 15 is 0 Å². The Morgan fingerprint density at radius 3 is 1.27 bits per heavy atom. The van der Waals surface area contributed by atoms with Crippen LogP contribution in [0.25, 0.3) is 33.9 Å². The van der Waals surface area contributed by atoms with Crippen molar-refractivity contribution in [3.05, 3.63) is 186 Å². The fourth-order valence-corrected chi connectivity index (χ4v) is 12.4. The third kappa shape index (κ3) is 8.49. The summed E-state index contributed by atoms with van der Waals surface area (Å²) in [4.78, 5) is 15.9. The van der Waals surface area contributed by atoms with Gasteiger partial charge in [-0.25, -0.2) is 9.97 Å². The summed E-state index contributed by atoms with van der Waals surface area (Å²) in [5.41, 5.74) is 22.1. The van der Waals surface area contributed by atoms with Crippen LogP contribution in [0.1, 0.15) is 140 Å². The molecule has 8 aromatic rings. The highest BCUT2D eigenvalue weighted by Gasteiger charge is 2.44. The number of nitrogens with zero attached hydrogens (tertiary/aromatic N) is 4. The smallest absolute Gasteiger partial charge is 0.252 e. The first-order chi connectivity index (χ1) is 34.5. The summed E-state index contributed by atoms with van der Waals surface area (Å²) in [6.07, 6.45) is 13.0. The summed E-state index contributed by atoms with van der Waals surface area (Å²) in [6.45, 7) is 13.9. The van der Waals surface area contributed by atoms with Crippen molar-refractivity contribution >= 4 is 57.2 Å². The second kappa shape index (κ2) is 18.2. The molecular weight excluding hydrogens is 860 g/mol. The van der Waals surface area contributed by atoms with Crippen LogP contribution in [-0.4, -0.2) is 16.7 Å². The van der Waals surface area contributed by atoms with Gasteiger partial charge in [-0.3, -0.25) is 0 Å². The Morgan fingerprint density at radius 1 is 0.408 bits per heavy atom. The molecule has 0 N–H and O–H groups in total. The highest BCUT2D eigenvalue weighted by molar-refractivity contribution is 7.00. The fourth-order valence-electron chi connectivity index (χ4n) is 12.4. The lowest BCUT2D eigenvalue weighted by atomic mass is 9.33. The largest absolute Gasteiger partial charge is 0.311 e. The van der Waals surface area contributed by atoms with E-state index in [2.05, 4.69) is 215 Å². The Labute approximate surface area is 423 Å². The predicted octanol–water partition coefficient (Wildman–Crippen LogP) is 16.3. The Morgan fingerprint density at radius 2 is 0.831 bits per heavy atom. The van der Waals surface area contributed by atoms with Crippen LogP contribution in [0.5, 0.6) is 0 Å². The first-order valence-corrected chi connectivity index (χ1v) is 26.7. The minimum Gasteiger partial charge on any atom is -0.311 e. The maximum absolute atomic E-state index is 5.50. The first-order valence-electron chi connectivity index (χ1n) is 26.7. The fraction of sp³-hybridized carbons (Fsp3) is 0.303. The topological polar surface area (TPSA) is 32.3 Å². The van der Waals surface area contributed by atoms with Crippen molar-refractivity contribution in [2.45, 2.75) is 128 Å². The summed E-state index contributed by atoms with van der Waals surface area (Å²) in [6, 6.07) is 62.3. The molecule has 2 fully saturated rings. The summed E-state index contributed by atoms with van der Waals surface area (Å²) in [5.74, 6) is 1.89. The van der Waals surface area contributed by atoms with Crippen LogP contribution >= 0.6 is 0 Å². The van der Waals surface area contributed by atoms with Crippen molar-refractivity contribution in [2.75, 3.05) is 9.80 Å². The van der Waals surface area contributed by atoms with Gasteiger partial charge in [-0.2, -0.15) is 0 Å². The number of rotatable bonds is 7. The molecule has 5 heteroatoms. The van der Waals surface area contributed by atoms with Crippen molar-refractivity contribution in [2.24, 2.45) is 0 Å². The van der Waals surface area contributed by atoms with Gasteiger partial charge in [-0.05, 0) is 142 Å². The van der Waals surface area contributed by atoms with Gasteiger partial charge in [0.15, 0.2) is 5.82 Å². The highest BCUT2D eigenvalue weighted by atomic mass is 15.2. The molecule has 0 spiro atoms. The average molecular weight is 927 g/mol. The van der Waals surface area contributed by atoms with Gasteiger partial charge in [0.2, 0.25) is 0 Å². The van der Waals surface area contributed by atoms with Gasteiger partial charge < -0.3 is 9.80 Å². The Hall–Kier alpha value is -6.72. The lowest BCUT2D eigenvalue weighted by Crippen LogP contribution is -2.61. The number of aromatic nitrogens is 2. The quantitative estimate of drug-likeness (QED) is 0.149. The first kappa shape index (κ1) is 45.4. The molecule has 71 heavy (non-hydrogen) atoms. The molecule has 0 radical (unpaired) electrons. The van der Waals surface area contributed by atoms with Crippen LogP contribution in [0.3, 0.4) is 0 Å². The Kier molecular flexibility index (Phi) is 11.6. The molecule has 0 atom stereocenters. The van der Waals surface area contributed by atoms with E-state index in [0.717, 1.165) is 33.9 Å². The van der Waals surface area contributed by atoms with Crippen molar-refractivity contribution in [3.63, 3.8) is 0 Å². The third-order valence-corrected chi connectivity index (χ3v) is 16.4. The van der Waals surface area contributed by atoms with E-state index in [9.17, 15) is 0 Å². The van der Waals surface area contributed by atoms with E-state index in [1.54, 1.807) is 0 Å². The van der Waals surface area contributed by atoms with Gasteiger partial charge in [0.25, 0.3) is 6.71 Å². The number of hydrogen-bond acceptors (Lipinski definition) is 4. The molecular formula is C66H67BN4. The molecule has 7 aromatic carbocycles. The molecule has 12 rings (SSSR count). The zero-order valence-corrected chi connectivity index (χ0v) is 42.7. The van der Waals surface area contributed by atoms with E-state index in [-0.39, 0.29) is 17.5 Å². The summed E-state index contributed by atoms with van der Waals surface area (Å²) in [5, 5.41) is 0. The molecule has 354 valence electrons. The van der Waals surface area contributed by atoms with Crippen molar-refractivity contribution in [1.29, 1.82) is 0 Å². The van der Waals surface area contributed by atoms with Crippen molar-refractivity contribution in [3.8, 4) is 33.9 Å². The number of anilines is 6. The second-order valence-corrected chi connectivity index (χ2v) is 23.1. The van der Waals surface area contributed by atoms with Gasteiger partial charge in [-0.15, -0.1) is 0 Å². The third-order valence-electron chi connectivity index (χ3n) is 16.4. The van der Waals surface area contributed by atoms with E-state index in [1.807, 2.05) is 0 Å². The van der Waals surface area contributed by atoms with Gasteiger partial charge >= 0.3 is 0 Å².